The van der Waals surface area contributed by atoms with Gasteiger partial charge in [0.25, 0.3) is 0 Å². The molecule has 0 spiro atoms. The van der Waals surface area contributed by atoms with Crippen LogP contribution in [0.4, 0.5) is 5.69 Å². The highest BCUT2D eigenvalue weighted by molar-refractivity contribution is 5.57. The van der Waals surface area contributed by atoms with E-state index in [-0.39, 0.29) is 5.69 Å². The number of nitrogens with two attached hydrogens (primary N) is 1. The average Bonchev–Trinajstić information content (AvgIpc) is 2.83. The monoisotopic (exact) mass is 287 g/mol. The molecule has 0 aliphatic heterocycles. The van der Waals surface area contributed by atoms with Crippen molar-refractivity contribution in [2.45, 2.75) is 6.92 Å². The number of nitrogens with one attached hydrogen (secondary N) is 1. The van der Waals surface area contributed by atoms with E-state index in [2.05, 4.69) is 15.2 Å². The fourth-order valence-corrected chi connectivity index (χ4v) is 1.98. The van der Waals surface area contributed by atoms with Gasteiger partial charge in [0.15, 0.2) is 11.4 Å². The number of hydrogen-bond acceptors (Lipinski definition) is 6. The smallest absolute Gasteiger partial charge is 0.349 e. The predicted octanol–water partition coefficient (Wildman–Crippen LogP) is 1.11. The Morgan fingerprint density at radius 3 is 2.86 bits per heavy atom. The van der Waals surface area contributed by atoms with Crippen molar-refractivity contribution >= 4 is 11.3 Å². The van der Waals surface area contributed by atoms with Gasteiger partial charge in [-0.25, -0.2) is 14.3 Å². The number of rotatable bonds is 3. The second-order valence-electron chi connectivity index (χ2n) is 4.37. The van der Waals surface area contributed by atoms with Gasteiger partial charge in [0, 0.05) is 12.1 Å². The third-order valence-corrected chi connectivity index (χ3v) is 2.98. The summed E-state index contributed by atoms with van der Waals surface area (Å²) in [5, 5.41) is 6.24. The maximum Gasteiger partial charge on any atom is 0.349 e. The van der Waals surface area contributed by atoms with Gasteiger partial charge in [-0.3, -0.25) is 0 Å². The number of aromatic amines is 1. The Bertz CT molecular complexity index is 868. The second kappa shape index (κ2) is 4.82. The lowest BCUT2D eigenvalue weighted by Crippen LogP contribution is -2.13. The minimum Gasteiger partial charge on any atom is -0.497 e. The molecule has 108 valence electrons. The van der Waals surface area contributed by atoms with E-state index < -0.39 is 0 Å². The Labute approximate surface area is 119 Å². The molecule has 0 aliphatic carbocycles. The summed E-state index contributed by atoms with van der Waals surface area (Å²) in [5.74, 6) is 1.85. The van der Waals surface area contributed by atoms with Crippen molar-refractivity contribution < 1.29 is 9.47 Å². The summed E-state index contributed by atoms with van der Waals surface area (Å²) in [6.45, 7) is 1.69. The van der Waals surface area contributed by atoms with Crippen LogP contribution < -0.4 is 20.9 Å². The summed E-state index contributed by atoms with van der Waals surface area (Å²) in [4.78, 5) is 15.7. The number of benzene rings is 1. The topological polar surface area (TPSA) is 108 Å². The first-order chi connectivity index (χ1) is 10.1. The lowest BCUT2D eigenvalue weighted by atomic mass is 10.3. The first-order valence-electron chi connectivity index (χ1n) is 6.14. The largest absolute Gasteiger partial charge is 0.497 e. The maximum atomic E-state index is 11.5. The minimum absolute atomic E-state index is 0.302. The van der Waals surface area contributed by atoms with Gasteiger partial charge in [0.05, 0.1) is 12.8 Å². The molecule has 3 aromatic rings. The van der Waals surface area contributed by atoms with Crippen LogP contribution in [0.25, 0.3) is 5.65 Å². The van der Waals surface area contributed by atoms with Crippen molar-refractivity contribution in [3.05, 3.63) is 40.6 Å². The number of H-pyrrole nitrogens is 1. The van der Waals surface area contributed by atoms with Gasteiger partial charge < -0.3 is 15.2 Å². The number of aryl methyl sites for hydroxylation is 1. The number of methoxy groups -OCH3 is 1. The summed E-state index contributed by atoms with van der Waals surface area (Å²) >= 11 is 0. The second-order valence-corrected chi connectivity index (χ2v) is 4.37. The molecule has 2 heterocycles. The molecule has 0 saturated carbocycles. The van der Waals surface area contributed by atoms with E-state index in [0.29, 0.717) is 34.5 Å². The highest BCUT2D eigenvalue weighted by Gasteiger charge is 2.10. The Kier molecular flexibility index (Phi) is 2.98. The number of ether oxygens (including phenoxy) is 2. The lowest BCUT2D eigenvalue weighted by Gasteiger charge is -2.09. The van der Waals surface area contributed by atoms with Gasteiger partial charge >= 0.3 is 5.69 Å². The zero-order chi connectivity index (χ0) is 15.0. The van der Waals surface area contributed by atoms with Gasteiger partial charge in [-0.05, 0) is 19.1 Å². The predicted molar refractivity (Wildman–Crippen MR) is 75.8 cm³/mol. The normalized spacial score (nSPS) is 10.8. The summed E-state index contributed by atoms with van der Waals surface area (Å²) in [5.41, 5.74) is 6.40. The minimum atomic E-state index is -0.342. The molecule has 0 aliphatic rings. The highest BCUT2D eigenvalue weighted by atomic mass is 16.5. The number of fused-ring (bicyclic) bond motifs is 1. The molecule has 2 aromatic heterocycles. The molecule has 0 amide bonds. The van der Waals surface area contributed by atoms with Crippen molar-refractivity contribution in [2.24, 2.45) is 0 Å². The number of nitrogens with zero attached hydrogens (tertiary/aromatic N) is 3. The van der Waals surface area contributed by atoms with Crippen LogP contribution in [0.5, 0.6) is 17.4 Å². The quantitative estimate of drug-likeness (QED) is 0.699. The van der Waals surface area contributed by atoms with E-state index in [1.807, 2.05) is 0 Å². The van der Waals surface area contributed by atoms with Crippen LogP contribution >= 0.6 is 0 Å². The van der Waals surface area contributed by atoms with Gasteiger partial charge in [0.1, 0.15) is 11.6 Å². The number of anilines is 1. The van der Waals surface area contributed by atoms with Crippen molar-refractivity contribution in [1.29, 1.82) is 0 Å². The summed E-state index contributed by atoms with van der Waals surface area (Å²) in [6.07, 6.45) is 0. The number of hydrogen-bond donors (Lipinski definition) is 2. The summed E-state index contributed by atoms with van der Waals surface area (Å²) < 4.78 is 12.1. The van der Waals surface area contributed by atoms with Crippen molar-refractivity contribution in [2.75, 3.05) is 12.8 Å². The molecular weight excluding hydrogens is 274 g/mol. The fourth-order valence-electron chi connectivity index (χ4n) is 1.98. The van der Waals surface area contributed by atoms with E-state index in [4.69, 9.17) is 15.2 Å². The van der Waals surface area contributed by atoms with Crippen molar-refractivity contribution in [3.8, 4) is 17.4 Å². The van der Waals surface area contributed by atoms with Crippen LogP contribution in [0.3, 0.4) is 0 Å². The Hall–Kier alpha value is -3.03. The van der Waals surface area contributed by atoms with Gasteiger partial charge in [0.2, 0.25) is 5.88 Å². The third-order valence-electron chi connectivity index (χ3n) is 2.98. The van der Waals surface area contributed by atoms with Crippen LogP contribution in [-0.4, -0.2) is 26.7 Å². The van der Waals surface area contributed by atoms with Crippen LogP contribution in [0.1, 0.15) is 5.82 Å². The van der Waals surface area contributed by atoms with Crippen molar-refractivity contribution in [1.82, 2.24) is 19.6 Å². The highest BCUT2D eigenvalue weighted by Crippen LogP contribution is 2.30. The van der Waals surface area contributed by atoms with Gasteiger partial charge in [-0.15, -0.1) is 0 Å². The van der Waals surface area contributed by atoms with Crippen LogP contribution in [-0.2, 0) is 0 Å². The lowest BCUT2D eigenvalue weighted by molar-refractivity contribution is 0.412. The molecule has 3 N–H and O–H groups in total. The molecule has 0 fully saturated rings. The standard InChI is InChI=1S/C13H13N5O3/c1-7-15-12(6-11-16-17-13(19)18(7)11)21-10-4-3-8(20-2)5-9(10)14/h3-6H,14H2,1-2H3,(H,17,19). The molecule has 0 bridgehead atoms. The van der Waals surface area contributed by atoms with E-state index in [1.165, 1.54) is 4.40 Å². The summed E-state index contributed by atoms with van der Waals surface area (Å²) in [6, 6.07) is 6.62. The molecule has 0 radical (unpaired) electrons. The maximum absolute atomic E-state index is 11.5. The zero-order valence-electron chi connectivity index (χ0n) is 11.5. The fraction of sp³-hybridized carbons (Fsp3) is 0.154. The Morgan fingerprint density at radius 1 is 1.33 bits per heavy atom. The van der Waals surface area contributed by atoms with Gasteiger partial charge in [-0.2, -0.15) is 10.1 Å². The molecule has 0 atom stereocenters. The first-order valence-corrected chi connectivity index (χ1v) is 6.14. The Morgan fingerprint density at radius 2 is 2.14 bits per heavy atom. The molecule has 8 nitrogen and oxygen atoms in total. The molecule has 3 rings (SSSR count). The SMILES string of the molecule is COc1ccc(Oc2cc3n[nH]c(=O)n3c(C)n2)c(N)c1. The number of nitrogen functional groups attached to an aromatic ring is 1. The number of aromatic nitrogens is 4. The van der Waals surface area contributed by atoms with E-state index in [0.717, 1.165) is 0 Å². The van der Waals surface area contributed by atoms with Crippen molar-refractivity contribution in [3.63, 3.8) is 0 Å². The molecular formula is C13H13N5O3. The molecule has 1 aromatic carbocycles. The third kappa shape index (κ3) is 2.27. The molecule has 21 heavy (non-hydrogen) atoms. The zero-order valence-corrected chi connectivity index (χ0v) is 11.5. The van der Waals surface area contributed by atoms with E-state index >= 15 is 0 Å². The van der Waals surface area contributed by atoms with E-state index in [9.17, 15) is 4.79 Å². The van der Waals surface area contributed by atoms with Crippen LogP contribution in [0.2, 0.25) is 0 Å². The summed E-state index contributed by atoms with van der Waals surface area (Å²) in [7, 11) is 1.56. The first kappa shape index (κ1) is 13.0. The van der Waals surface area contributed by atoms with Crippen LogP contribution in [0, 0.1) is 6.92 Å². The Balaban J connectivity index is 2.00. The van der Waals surface area contributed by atoms with Gasteiger partial charge in [-0.1, -0.05) is 0 Å². The molecule has 0 saturated heterocycles. The molecule has 0 unspecified atom stereocenters. The molecule has 8 heteroatoms. The van der Waals surface area contributed by atoms with E-state index in [1.54, 1.807) is 38.3 Å². The van der Waals surface area contributed by atoms with Crippen LogP contribution in [0.15, 0.2) is 29.1 Å². The average molecular weight is 287 g/mol.